The lowest BCUT2D eigenvalue weighted by Crippen LogP contribution is -2.54. The Bertz CT molecular complexity index is 829. The lowest BCUT2D eigenvalue weighted by Gasteiger charge is -2.29. The van der Waals surface area contributed by atoms with Gasteiger partial charge >= 0.3 is 6.09 Å². The highest BCUT2D eigenvalue weighted by molar-refractivity contribution is 5.86. The number of ether oxygens (including phenoxy) is 2. The smallest absolute Gasteiger partial charge is 0.408 e. The zero-order valence-corrected chi connectivity index (χ0v) is 19.9. The Kier molecular flexibility index (Phi) is 7.63. The summed E-state index contributed by atoms with van der Waals surface area (Å²) in [5.41, 5.74) is 0. The van der Waals surface area contributed by atoms with Crippen molar-refractivity contribution in [1.82, 2.24) is 16.0 Å². The average Bonchev–Trinajstić information content (AvgIpc) is 3.46. The van der Waals surface area contributed by atoms with Gasteiger partial charge in [-0.3, -0.25) is 9.59 Å². The summed E-state index contributed by atoms with van der Waals surface area (Å²) < 4.78 is 11.7. The fourth-order valence-electron chi connectivity index (χ4n) is 6.22. The topological polar surface area (TPSA) is 150 Å². The first-order chi connectivity index (χ1) is 16.3. The van der Waals surface area contributed by atoms with Gasteiger partial charge in [0.25, 0.3) is 0 Å². The van der Waals surface area contributed by atoms with Gasteiger partial charge in [-0.2, -0.15) is 5.26 Å². The maximum Gasteiger partial charge on any atom is 0.408 e. The highest BCUT2D eigenvalue weighted by atomic mass is 16.6. The number of carbonyl (C=O) groups excluding carboxylic acids is 3. The number of nitrogens with one attached hydrogen (secondary N) is 3. The molecule has 2 bridgehead atoms. The first kappa shape index (κ1) is 24.7. The van der Waals surface area contributed by atoms with Crippen LogP contribution in [0.4, 0.5) is 4.79 Å². The summed E-state index contributed by atoms with van der Waals surface area (Å²) in [5, 5.41) is 27.5. The molecule has 0 aromatic heterocycles. The molecule has 4 aliphatic rings. The molecule has 2 saturated heterocycles. The van der Waals surface area contributed by atoms with E-state index in [0.717, 1.165) is 19.3 Å². The number of alkyl carbamates (subject to hydrolysis) is 1. The van der Waals surface area contributed by atoms with Crippen molar-refractivity contribution in [1.29, 1.82) is 5.26 Å². The van der Waals surface area contributed by atoms with Crippen molar-refractivity contribution in [3.05, 3.63) is 0 Å². The van der Waals surface area contributed by atoms with E-state index in [-0.39, 0.29) is 42.3 Å². The van der Waals surface area contributed by atoms with E-state index in [2.05, 4.69) is 16.0 Å². The Hall–Kier alpha value is -2.38. The fraction of sp³-hybridized carbons (Fsp3) is 0.833. The predicted molar refractivity (Wildman–Crippen MR) is 120 cm³/mol. The summed E-state index contributed by atoms with van der Waals surface area (Å²) in [6, 6.07) is -0.0492. The van der Waals surface area contributed by atoms with Crippen molar-refractivity contribution in [2.24, 2.45) is 29.6 Å². The van der Waals surface area contributed by atoms with E-state index in [1.54, 1.807) is 6.07 Å². The number of carbonyl (C=O) groups is 3. The van der Waals surface area contributed by atoms with Gasteiger partial charge in [0.2, 0.25) is 11.8 Å². The van der Waals surface area contributed by atoms with Crippen LogP contribution in [0.25, 0.3) is 0 Å². The van der Waals surface area contributed by atoms with E-state index < -0.39 is 30.2 Å². The molecule has 0 radical (unpaired) electrons. The minimum atomic E-state index is -1.46. The molecule has 2 aliphatic carbocycles. The van der Waals surface area contributed by atoms with Crippen LogP contribution in [-0.4, -0.2) is 66.6 Å². The van der Waals surface area contributed by atoms with E-state index >= 15 is 0 Å². The first-order valence-corrected chi connectivity index (χ1v) is 12.5. The second kappa shape index (κ2) is 10.5. The monoisotopic (exact) mass is 476 g/mol. The zero-order chi connectivity index (χ0) is 24.4. The molecule has 2 heterocycles. The second-order valence-electron chi connectivity index (χ2n) is 10.7. The van der Waals surface area contributed by atoms with Crippen molar-refractivity contribution in [2.75, 3.05) is 13.2 Å². The van der Waals surface area contributed by atoms with Crippen molar-refractivity contribution in [3.63, 3.8) is 0 Å². The number of aliphatic hydroxyl groups is 1. The van der Waals surface area contributed by atoms with Crippen LogP contribution >= 0.6 is 0 Å². The molecule has 4 rings (SSSR count). The Morgan fingerprint density at radius 2 is 2.06 bits per heavy atom. The Morgan fingerprint density at radius 3 is 2.74 bits per heavy atom. The molecule has 2 aliphatic heterocycles. The summed E-state index contributed by atoms with van der Waals surface area (Å²) in [6.45, 7) is 5.02. The van der Waals surface area contributed by atoms with Gasteiger partial charge in [-0.05, 0) is 56.3 Å². The van der Waals surface area contributed by atoms with Gasteiger partial charge in [0.15, 0.2) is 6.10 Å². The van der Waals surface area contributed by atoms with Crippen molar-refractivity contribution < 1.29 is 29.0 Å². The minimum Gasteiger partial charge on any atom is -0.446 e. The largest absolute Gasteiger partial charge is 0.446 e. The molecule has 10 heteroatoms. The normalized spacial score (nSPS) is 34.1. The lowest BCUT2D eigenvalue weighted by molar-refractivity contribution is -0.126. The van der Waals surface area contributed by atoms with E-state index in [9.17, 15) is 24.8 Å². The molecular weight excluding hydrogens is 440 g/mol. The predicted octanol–water partition coefficient (Wildman–Crippen LogP) is 0.836. The third kappa shape index (κ3) is 5.31. The highest BCUT2D eigenvalue weighted by Gasteiger charge is 2.55. The maximum atomic E-state index is 13.1. The Labute approximate surface area is 200 Å². The number of nitrogens with zero attached hydrogens (tertiary/aromatic N) is 1. The van der Waals surface area contributed by atoms with Gasteiger partial charge in [0.1, 0.15) is 12.1 Å². The van der Waals surface area contributed by atoms with Gasteiger partial charge in [-0.1, -0.05) is 13.8 Å². The van der Waals surface area contributed by atoms with Gasteiger partial charge in [0.05, 0.1) is 24.8 Å². The van der Waals surface area contributed by atoms with E-state index in [1.165, 1.54) is 0 Å². The quantitative estimate of drug-likeness (QED) is 0.360. The van der Waals surface area contributed by atoms with Crippen LogP contribution in [0.3, 0.4) is 0 Å². The second-order valence-corrected chi connectivity index (χ2v) is 10.7. The van der Waals surface area contributed by atoms with Gasteiger partial charge in [0, 0.05) is 18.4 Å². The number of hydrogen-bond donors (Lipinski definition) is 4. The van der Waals surface area contributed by atoms with Crippen LogP contribution in [0, 0.1) is 40.9 Å². The van der Waals surface area contributed by atoms with E-state index in [0.29, 0.717) is 37.8 Å². The molecule has 0 aromatic carbocycles. The van der Waals surface area contributed by atoms with Crippen molar-refractivity contribution >= 4 is 17.9 Å². The SMILES string of the molecule is CC(C)C[C@H](NC(=O)OC1C2CC[C@H]3OC[C@@H]1C3C2)C(=O)N[C@@H](CC1CCNC1=O)C(O)C#N. The van der Waals surface area contributed by atoms with Crippen LogP contribution in [0.15, 0.2) is 0 Å². The maximum absolute atomic E-state index is 13.1. The number of fused-ring (bicyclic) bond motifs is 1. The zero-order valence-electron chi connectivity index (χ0n) is 19.9. The molecule has 4 N–H and O–H groups in total. The van der Waals surface area contributed by atoms with Crippen LogP contribution < -0.4 is 16.0 Å². The van der Waals surface area contributed by atoms with Crippen LogP contribution in [0.2, 0.25) is 0 Å². The first-order valence-electron chi connectivity index (χ1n) is 12.5. The summed E-state index contributed by atoms with van der Waals surface area (Å²) >= 11 is 0. The fourth-order valence-corrected chi connectivity index (χ4v) is 6.22. The average molecular weight is 477 g/mol. The van der Waals surface area contributed by atoms with Gasteiger partial charge in [-0.15, -0.1) is 0 Å². The van der Waals surface area contributed by atoms with Crippen LogP contribution in [-0.2, 0) is 19.1 Å². The number of nitriles is 1. The standard InChI is InChI=1S/C24H36N4O6/c1-12(2)7-18(23(31)27-17(19(29)10-25)9-14-5-6-26-22(14)30)28-24(32)34-21-13-3-4-20-15(8-13)16(21)11-33-20/h12-21,29H,3-9,11H2,1-2H3,(H,26,30)(H,27,31)(H,28,32)/t13?,14?,15?,16-,17+,18+,19?,20-,21?/m1/s1. The Balaban J connectivity index is 1.38. The van der Waals surface area contributed by atoms with E-state index in [4.69, 9.17) is 9.47 Å². The van der Waals surface area contributed by atoms with Crippen molar-refractivity contribution in [2.45, 2.75) is 82.8 Å². The molecule has 188 valence electrons. The third-order valence-electron chi connectivity index (χ3n) is 7.91. The molecule has 34 heavy (non-hydrogen) atoms. The summed E-state index contributed by atoms with van der Waals surface area (Å²) in [7, 11) is 0. The molecular formula is C24H36N4O6. The van der Waals surface area contributed by atoms with Crippen LogP contribution in [0.5, 0.6) is 0 Å². The number of aliphatic hydroxyl groups excluding tert-OH is 1. The lowest BCUT2D eigenvalue weighted by atomic mass is 9.86. The molecule has 3 amide bonds. The molecule has 0 spiro atoms. The van der Waals surface area contributed by atoms with Crippen LogP contribution in [0.1, 0.15) is 52.4 Å². The molecule has 5 unspecified atom stereocenters. The number of rotatable bonds is 9. The molecule has 0 aromatic rings. The number of amides is 3. The van der Waals surface area contributed by atoms with Gasteiger partial charge < -0.3 is 30.5 Å². The van der Waals surface area contributed by atoms with Crippen molar-refractivity contribution in [3.8, 4) is 6.07 Å². The molecule has 9 atom stereocenters. The minimum absolute atomic E-state index is 0.102. The highest BCUT2D eigenvalue weighted by Crippen LogP contribution is 2.52. The van der Waals surface area contributed by atoms with E-state index in [1.807, 2.05) is 13.8 Å². The number of hydrogen-bond acceptors (Lipinski definition) is 7. The molecule has 10 nitrogen and oxygen atoms in total. The summed E-state index contributed by atoms with van der Waals surface area (Å²) in [4.78, 5) is 37.9. The summed E-state index contributed by atoms with van der Waals surface area (Å²) in [5.74, 6) is 0.0776. The molecule has 2 saturated carbocycles. The summed E-state index contributed by atoms with van der Waals surface area (Å²) in [6.07, 6.45) is 2.10. The van der Waals surface area contributed by atoms with Gasteiger partial charge in [-0.25, -0.2) is 4.79 Å². The third-order valence-corrected chi connectivity index (χ3v) is 7.91. The Morgan fingerprint density at radius 1 is 1.26 bits per heavy atom. The molecule has 4 fully saturated rings.